The van der Waals surface area contributed by atoms with Crippen LogP contribution >= 0.6 is 0 Å². The summed E-state index contributed by atoms with van der Waals surface area (Å²) >= 11 is 0. The van der Waals surface area contributed by atoms with Crippen molar-refractivity contribution in [3.63, 3.8) is 0 Å². The molecule has 0 heterocycles. The fourth-order valence-corrected chi connectivity index (χ4v) is 5.26. The van der Waals surface area contributed by atoms with Crippen molar-refractivity contribution in [3.8, 4) is 0 Å². The van der Waals surface area contributed by atoms with Crippen molar-refractivity contribution in [1.82, 2.24) is 0 Å². The monoisotopic (exact) mass is 808 g/mol. The third-order valence-electron chi connectivity index (χ3n) is 12.2. The van der Waals surface area contributed by atoms with E-state index in [9.17, 15) is 0 Å². The van der Waals surface area contributed by atoms with Crippen LogP contribution in [0, 0.1) is 70.0 Å². The first-order valence-electron chi connectivity index (χ1n) is 21.4. The van der Waals surface area contributed by atoms with Gasteiger partial charge in [0.1, 0.15) is 0 Å². The average molecular weight is 808 g/mol. The van der Waals surface area contributed by atoms with Crippen LogP contribution in [0.4, 0.5) is 0 Å². The van der Waals surface area contributed by atoms with Crippen LogP contribution in [0.5, 0.6) is 0 Å². The molecule has 0 N–H and O–H groups in total. The van der Waals surface area contributed by atoms with E-state index in [0.29, 0.717) is 22.7 Å². The van der Waals surface area contributed by atoms with E-state index in [1.807, 2.05) is 27.7 Å². The molecular weight excluding hydrogens is 701 g/mol. The molecule has 0 spiro atoms. The van der Waals surface area contributed by atoms with E-state index >= 15 is 0 Å². The second kappa shape index (κ2) is 35.7. The van der Waals surface area contributed by atoms with E-state index in [-0.39, 0.29) is 40.1 Å². The topological polar surface area (TPSA) is 0 Å². The Morgan fingerprint density at radius 1 is 0.481 bits per heavy atom. The number of hydrogen-bond donors (Lipinski definition) is 0. The van der Waals surface area contributed by atoms with Crippen LogP contribution in [-0.4, -0.2) is 0 Å². The zero-order chi connectivity index (χ0) is 41.3. The van der Waals surface area contributed by atoms with Crippen LogP contribution in [0.15, 0.2) is 24.3 Å². The van der Waals surface area contributed by atoms with Crippen molar-refractivity contribution in [1.29, 1.82) is 0 Å². The number of rotatable bonds is 9. The molecule has 1 fully saturated rings. The van der Waals surface area contributed by atoms with Gasteiger partial charge in [-0.15, -0.1) is 0 Å². The Balaban J connectivity index is -0.0000000963. The molecule has 1 aliphatic carbocycles. The molecule has 1 heteroatoms. The summed E-state index contributed by atoms with van der Waals surface area (Å²) in [5.74, 6) is 11.2. The van der Waals surface area contributed by atoms with Gasteiger partial charge >= 0.3 is 0 Å². The van der Waals surface area contributed by atoms with Gasteiger partial charge < -0.3 is 11.8 Å². The van der Waals surface area contributed by atoms with Crippen molar-refractivity contribution in [2.75, 3.05) is 0 Å². The Labute approximate surface area is 361 Å². The van der Waals surface area contributed by atoms with Gasteiger partial charge in [0, 0.05) is 32.7 Å². The Morgan fingerprint density at radius 2 is 0.673 bits per heavy atom. The quantitative estimate of drug-likeness (QED) is 0.218. The first-order valence-corrected chi connectivity index (χ1v) is 21.4. The summed E-state index contributed by atoms with van der Waals surface area (Å²) in [5, 5.41) is 0. The molecule has 315 valence electrons. The summed E-state index contributed by atoms with van der Waals surface area (Å²) in [4.78, 5) is 0. The molecule has 0 aliphatic heterocycles. The van der Waals surface area contributed by atoms with E-state index in [1.165, 1.54) is 35.8 Å². The molecule has 1 aliphatic rings. The largest absolute Gasteiger partial charge is 0.317 e. The van der Waals surface area contributed by atoms with Crippen molar-refractivity contribution < 1.29 is 32.7 Å². The van der Waals surface area contributed by atoms with Gasteiger partial charge in [-0.2, -0.15) is 39.5 Å². The number of benzene rings is 1. The molecule has 0 bridgehead atoms. The summed E-state index contributed by atoms with van der Waals surface area (Å²) in [5.41, 5.74) is 3.82. The Morgan fingerprint density at radius 3 is 0.769 bits per heavy atom. The maximum absolute atomic E-state index is 2.39. The van der Waals surface area contributed by atoms with Crippen molar-refractivity contribution in [2.45, 2.75) is 226 Å². The molecular formula is C51H106Y-2. The van der Waals surface area contributed by atoms with Crippen LogP contribution in [0.2, 0.25) is 0 Å². The standard InChI is InChI=1S/C12H18.C12H26.C10H20.2C6H13.2C2H6.CH4.Y/c1-9(2)11-7-5-6-8-12(11)10(3)4;1-9(2)11(5,6)12(7,8)10(3)4;1-7(2)9-5-6-10(9)8(3)4;2*1-5(2)6(3)4;2*1-2;;/h5-10H,1-4H3;9-10H,1-8H3;7-10H,5-6H2,1-4H3;2*5H,1-4H3;2*1-2H3;1H4;/q;;;2*-1;;;;. The SMILES string of the molecule is C.CC.CC.CC(C)C(C)(C)C(C)(C)C(C)C.CC(C)C1CCC1C(C)C.CC(C)c1ccccc1C(C)C.C[C-](C)C(C)C.C[C-](C)C(C)C.[Y]. The maximum Gasteiger partial charge on any atom is 0 e. The summed E-state index contributed by atoms with van der Waals surface area (Å²) < 4.78 is 0. The Kier molecular flexibility index (Phi) is 46.1. The minimum atomic E-state index is 0. The Bertz CT molecular complexity index is 765. The van der Waals surface area contributed by atoms with Crippen LogP contribution in [-0.2, 0) is 32.7 Å². The minimum Gasteiger partial charge on any atom is -0.317 e. The molecule has 0 aromatic heterocycles. The smallest absolute Gasteiger partial charge is 0 e. The molecule has 1 aromatic rings. The minimum absolute atomic E-state index is 0. The van der Waals surface area contributed by atoms with Gasteiger partial charge in [-0.05, 0) is 82.1 Å². The molecule has 1 aromatic carbocycles. The van der Waals surface area contributed by atoms with Crippen LogP contribution in [0.3, 0.4) is 0 Å². The zero-order valence-electron chi connectivity index (χ0n) is 41.1. The zero-order valence-corrected chi connectivity index (χ0v) is 43.9. The summed E-state index contributed by atoms with van der Waals surface area (Å²) in [6.07, 6.45) is 2.97. The van der Waals surface area contributed by atoms with Gasteiger partial charge in [0.15, 0.2) is 0 Å². The molecule has 2 unspecified atom stereocenters. The van der Waals surface area contributed by atoms with Gasteiger partial charge in [0.2, 0.25) is 0 Å². The average Bonchev–Trinajstić information content (AvgIpc) is 2.99. The maximum atomic E-state index is 2.39. The molecule has 0 nitrogen and oxygen atoms in total. The van der Waals surface area contributed by atoms with Gasteiger partial charge in [0.05, 0.1) is 0 Å². The molecule has 1 saturated carbocycles. The predicted octanol–water partition coefficient (Wildman–Crippen LogP) is 18.8. The second-order valence-corrected chi connectivity index (χ2v) is 18.5. The summed E-state index contributed by atoms with van der Waals surface area (Å²) in [6, 6.07) is 8.72. The van der Waals surface area contributed by atoms with E-state index in [2.05, 4.69) is 190 Å². The summed E-state index contributed by atoms with van der Waals surface area (Å²) in [6.45, 7) is 62.7. The number of hydrogen-bond acceptors (Lipinski definition) is 0. The third-order valence-corrected chi connectivity index (χ3v) is 12.2. The van der Waals surface area contributed by atoms with E-state index in [4.69, 9.17) is 0 Å². The molecule has 1 radical (unpaired) electrons. The molecule has 0 amide bonds. The first-order chi connectivity index (χ1) is 22.7. The second-order valence-electron chi connectivity index (χ2n) is 18.5. The first kappa shape index (κ1) is 67.1. The third kappa shape index (κ3) is 28.7. The fraction of sp³-hybridized carbons (Fsp3) is 0.843. The van der Waals surface area contributed by atoms with Gasteiger partial charge in [-0.1, -0.05) is 198 Å². The summed E-state index contributed by atoms with van der Waals surface area (Å²) in [7, 11) is 0. The van der Waals surface area contributed by atoms with Crippen LogP contribution in [0.25, 0.3) is 0 Å². The fourth-order valence-electron chi connectivity index (χ4n) is 5.26. The van der Waals surface area contributed by atoms with Crippen molar-refractivity contribution in [3.05, 3.63) is 47.2 Å². The normalized spacial score (nSPS) is 15.0. The van der Waals surface area contributed by atoms with E-state index < -0.39 is 0 Å². The van der Waals surface area contributed by atoms with E-state index in [1.54, 1.807) is 0 Å². The van der Waals surface area contributed by atoms with E-state index in [0.717, 1.165) is 47.3 Å². The molecule has 2 atom stereocenters. The predicted molar refractivity (Wildman–Crippen MR) is 246 cm³/mol. The van der Waals surface area contributed by atoms with Crippen LogP contribution in [0.1, 0.15) is 237 Å². The molecule has 0 saturated heterocycles. The van der Waals surface area contributed by atoms with Gasteiger partial charge in [-0.3, -0.25) is 0 Å². The molecule has 2 rings (SSSR count). The molecule has 52 heavy (non-hydrogen) atoms. The van der Waals surface area contributed by atoms with Crippen LogP contribution < -0.4 is 0 Å². The van der Waals surface area contributed by atoms with Gasteiger partial charge in [-0.25, -0.2) is 0 Å². The van der Waals surface area contributed by atoms with Crippen molar-refractivity contribution in [2.24, 2.45) is 58.2 Å². The Hall–Kier alpha value is 0.324. The van der Waals surface area contributed by atoms with Crippen molar-refractivity contribution >= 4 is 0 Å². The van der Waals surface area contributed by atoms with Gasteiger partial charge in [0.25, 0.3) is 0 Å².